The number of carbonyl (C=O) groups excluding carboxylic acids is 1. The number of ether oxygens (including phenoxy) is 2. The van der Waals surface area contributed by atoms with Crippen LogP contribution in [0.4, 0.5) is 5.69 Å². The molecule has 25 heavy (non-hydrogen) atoms. The molecule has 1 atom stereocenters. The van der Waals surface area contributed by atoms with E-state index >= 15 is 0 Å². The van der Waals surface area contributed by atoms with Gasteiger partial charge in [0.2, 0.25) is 0 Å². The maximum Gasteiger partial charge on any atom is 0.265 e. The number of carbonyl (C=O) groups is 1. The third-order valence-electron chi connectivity index (χ3n) is 4.96. The Morgan fingerprint density at radius 2 is 1.96 bits per heavy atom. The van der Waals surface area contributed by atoms with Crippen LogP contribution in [-0.4, -0.2) is 20.1 Å². The minimum atomic E-state index is -0.0530. The third kappa shape index (κ3) is 3.66. The van der Waals surface area contributed by atoms with Crippen LogP contribution in [0.2, 0.25) is 0 Å². The van der Waals surface area contributed by atoms with Crippen LogP contribution in [-0.2, 0) is 12.8 Å². The predicted molar refractivity (Wildman–Crippen MR) is 102 cm³/mol. The Morgan fingerprint density at radius 1 is 1.24 bits per heavy atom. The molecule has 0 bridgehead atoms. The second-order valence-electron chi connectivity index (χ2n) is 6.55. The fourth-order valence-electron chi connectivity index (χ4n) is 3.36. The van der Waals surface area contributed by atoms with E-state index in [0.717, 1.165) is 34.9 Å². The highest BCUT2D eigenvalue weighted by atomic mass is 32.1. The summed E-state index contributed by atoms with van der Waals surface area (Å²) in [6.45, 7) is 4.19. The minimum Gasteiger partial charge on any atom is -0.493 e. The predicted octanol–water partition coefficient (Wildman–Crippen LogP) is 4.84. The molecule has 1 heterocycles. The van der Waals surface area contributed by atoms with E-state index < -0.39 is 0 Å². The zero-order valence-electron chi connectivity index (χ0n) is 15.3. The van der Waals surface area contributed by atoms with E-state index in [1.807, 2.05) is 19.1 Å². The van der Waals surface area contributed by atoms with E-state index in [1.54, 1.807) is 25.6 Å². The lowest BCUT2D eigenvalue weighted by Crippen LogP contribution is -2.12. The highest BCUT2D eigenvalue weighted by molar-refractivity contribution is 7.14. The van der Waals surface area contributed by atoms with Gasteiger partial charge in [-0.2, -0.15) is 0 Å². The number of fused-ring (bicyclic) bond motifs is 1. The minimum absolute atomic E-state index is 0.0530. The number of anilines is 1. The van der Waals surface area contributed by atoms with Crippen molar-refractivity contribution in [3.63, 3.8) is 0 Å². The van der Waals surface area contributed by atoms with Crippen molar-refractivity contribution in [2.75, 3.05) is 19.5 Å². The SMILES string of the molecule is CC[C@H]1CCc2sc(C(=O)Nc3cc(OC)c(OC)cc3C)cc2C1. The van der Waals surface area contributed by atoms with Gasteiger partial charge in [-0.3, -0.25) is 4.79 Å². The second-order valence-corrected chi connectivity index (χ2v) is 7.69. The Bertz CT molecular complexity index is 781. The average Bonchev–Trinajstić information content (AvgIpc) is 3.06. The average molecular weight is 359 g/mol. The van der Waals surface area contributed by atoms with Crippen LogP contribution in [0, 0.1) is 12.8 Å². The van der Waals surface area contributed by atoms with Crippen molar-refractivity contribution in [1.82, 2.24) is 0 Å². The van der Waals surface area contributed by atoms with Crippen LogP contribution in [0.1, 0.15) is 45.4 Å². The third-order valence-corrected chi connectivity index (χ3v) is 6.20. The number of thiophene rings is 1. The standard InChI is InChI=1S/C20H25NO3S/c1-5-13-6-7-18-14(9-13)10-19(25-18)20(22)21-15-11-17(24-4)16(23-3)8-12(15)2/h8,10-11,13H,5-7,9H2,1-4H3,(H,21,22)/t13-/m0/s1. The molecule has 2 aromatic rings. The number of rotatable bonds is 5. The molecule has 0 fully saturated rings. The Kier molecular flexibility index (Phi) is 5.33. The van der Waals surface area contributed by atoms with Crippen LogP contribution >= 0.6 is 11.3 Å². The molecule has 0 unspecified atom stereocenters. The number of aryl methyl sites for hydroxylation is 2. The molecule has 1 aromatic carbocycles. The lowest BCUT2D eigenvalue weighted by atomic mass is 9.87. The van der Waals surface area contributed by atoms with Gasteiger partial charge in [0.25, 0.3) is 5.91 Å². The van der Waals surface area contributed by atoms with Gasteiger partial charge in [-0.1, -0.05) is 13.3 Å². The van der Waals surface area contributed by atoms with E-state index in [-0.39, 0.29) is 5.91 Å². The monoisotopic (exact) mass is 359 g/mol. The lowest BCUT2D eigenvalue weighted by molar-refractivity contribution is 0.103. The first kappa shape index (κ1) is 17.8. The number of hydrogen-bond donors (Lipinski definition) is 1. The molecule has 134 valence electrons. The molecule has 4 nitrogen and oxygen atoms in total. The van der Waals surface area contributed by atoms with E-state index in [0.29, 0.717) is 11.5 Å². The van der Waals surface area contributed by atoms with Gasteiger partial charge in [0.15, 0.2) is 11.5 Å². The summed E-state index contributed by atoms with van der Waals surface area (Å²) >= 11 is 1.63. The number of methoxy groups -OCH3 is 2. The summed E-state index contributed by atoms with van der Waals surface area (Å²) in [4.78, 5) is 14.9. The fourth-order valence-corrected chi connectivity index (χ4v) is 4.46. The zero-order chi connectivity index (χ0) is 18.0. The van der Waals surface area contributed by atoms with Crippen LogP contribution in [0.25, 0.3) is 0 Å². The van der Waals surface area contributed by atoms with Crippen molar-refractivity contribution < 1.29 is 14.3 Å². The van der Waals surface area contributed by atoms with Crippen LogP contribution in [0.5, 0.6) is 11.5 Å². The molecule has 0 radical (unpaired) electrons. The van der Waals surface area contributed by atoms with Gasteiger partial charge in [0.1, 0.15) is 0 Å². The molecular formula is C20H25NO3S. The molecule has 0 aliphatic heterocycles. The Hall–Kier alpha value is -2.01. The molecule has 0 spiro atoms. The van der Waals surface area contributed by atoms with E-state index in [1.165, 1.54) is 23.3 Å². The van der Waals surface area contributed by atoms with Crippen LogP contribution in [0.3, 0.4) is 0 Å². The molecule has 3 rings (SSSR count). The van der Waals surface area contributed by atoms with E-state index in [2.05, 4.69) is 18.3 Å². The van der Waals surface area contributed by atoms with Gasteiger partial charge in [-0.15, -0.1) is 11.3 Å². The molecule has 0 saturated heterocycles. The van der Waals surface area contributed by atoms with Crippen molar-refractivity contribution in [2.45, 2.75) is 39.5 Å². The van der Waals surface area contributed by atoms with Gasteiger partial charge in [-0.25, -0.2) is 0 Å². The topological polar surface area (TPSA) is 47.6 Å². The normalized spacial score (nSPS) is 16.2. The molecule has 1 aromatic heterocycles. The first-order valence-corrected chi connectivity index (χ1v) is 9.52. The molecule has 1 aliphatic rings. The van der Waals surface area contributed by atoms with Gasteiger partial charge in [-0.05, 0) is 55.4 Å². The smallest absolute Gasteiger partial charge is 0.265 e. The summed E-state index contributed by atoms with van der Waals surface area (Å²) in [5, 5.41) is 3.02. The molecule has 1 N–H and O–H groups in total. The van der Waals surface area contributed by atoms with Crippen molar-refractivity contribution >= 4 is 22.9 Å². The number of hydrogen-bond acceptors (Lipinski definition) is 4. The van der Waals surface area contributed by atoms with Crippen molar-refractivity contribution in [3.05, 3.63) is 39.1 Å². The van der Waals surface area contributed by atoms with Gasteiger partial charge in [0.05, 0.1) is 19.1 Å². The molecule has 5 heteroatoms. The summed E-state index contributed by atoms with van der Waals surface area (Å²) in [5.74, 6) is 1.98. The maximum absolute atomic E-state index is 12.7. The Morgan fingerprint density at radius 3 is 2.64 bits per heavy atom. The summed E-state index contributed by atoms with van der Waals surface area (Å²) in [5.41, 5.74) is 3.05. The van der Waals surface area contributed by atoms with Gasteiger partial charge < -0.3 is 14.8 Å². The van der Waals surface area contributed by atoms with Crippen molar-refractivity contribution in [3.8, 4) is 11.5 Å². The largest absolute Gasteiger partial charge is 0.493 e. The summed E-state index contributed by atoms with van der Waals surface area (Å²) in [6, 6.07) is 5.76. The van der Waals surface area contributed by atoms with E-state index in [4.69, 9.17) is 9.47 Å². The number of nitrogens with one attached hydrogen (secondary N) is 1. The quantitative estimate of drug-likeness (QED) is 0.831. The van der Waals surface area contributed by atoms with Crippen LogP contribution < -0.4 is 14.8 Å². The first-order valence-electron chi connectivity index (χ1n) is 8.71. The van der Waals surface area contributed by atoms with Gasteiger partial charge >= 0.3 is 0 Å². The van der Waals surface area contributed by atoms with Crippen molar-refractivity contribution in [2.24, 2.45) is 5.92 Å². The summed E-state index contributed by atoms with van der Waals surface area (Å²) in [7, 11) is 3.20. The summed E-state index contributed by atoms with van der Waals surface area (Å²) in [6.07, 6.45) is 4.65. The lowest BCUT2D eigenvalue weighted by Gasteiger charge is -2.19. The Balaban J connectivity index is 1.80. The van der Waals surface area contributed by atoms with E-state index in [9.17, 15) is 4.79 Å². The number of benzene rings is 1. The second kappa shape index (κ2) is 7.48. The Labute approximate surface area is 153 Å². The highest BCUT2D eigenvalue weighted by Crippen LogP contribution is 2.35. The fraction of sp³-hybridized carbons (Fsp3) is 0.450. The number of amides is 1. The van der Waals surface area contributed by atoms with Crippen LogP contribution in [0.15, 0.2) is 18.2 Å². The molecular weight excluding hydrogens is 334 g/mol. The molecule has 0 saturated carbocycles. The molecule has 1 aliphatic carbocycles. The summed E-state index contributed by atoms with van der Waals surface area (Å²) < 4.78 is 10.6. The van der Waals surface area contributed by atoms with Gasteiger partial charge in [0, 0.05) is 16.6 Å². The first-order chi connectivity index (χ1) is 12.0. The van der Waals surface area contributed by atoms with Crippen molar-refractivity contribution in [1.29, 1.82) is 0 Å². The highest BCUT2D eigenvalue weighted by Gasteiger charge is 2.22. The maximum atomic E-state index is 12.7. The molecule has 1 amide bonds. The zero-order valence-corrected chi connectivity index (χ0v) is 16.1.